The lowest BCUT2D eigenvalue weighted by Crippen LogP contribution is -2.36. The highest BCUT2D eigenvalue weighted by Gasteiger charge is 2.50. The molecule has 8 aromatic rings. The number of aromatic nitrogens is 4. The van der Waals surface area contributed by atoms with E-state index in [-0.39, 0.29) is 98.5 Å². The van der Waals surface area contributed by atoms with E-state index in [0.717, 1.165) is 48.9 Å². The monoisotopic (exact) mass is 1150 g/mol. The van der Waals surface area contributed by atoms with Crippen molar-refractivity contribution in [3.8, 4) is 33.4 Å². The molecule has 0 saturated heterocycles. The van der Waals surface area contributed by atoms with Crippen molar-refractivity contribution >= 4 is 23.6 Å². The standard InChI is InChI=1S/C64H54F6N6O6S/c65-63(66,67)47-17-7-11-37(33-47)39-27-41(31-43(29-39)54(78)58(82)76-25-9-19-49-52(36-76)72-60(73-55(49)79)62(23-24-62)46-15-5-2-6-16-46)42-28-40(38-12-8-18-48(34-38)83-64(68,69)70)30-44(32-42)53(77)57(81)75-26-10-20-51-50(35-75)56(80)74-59(71-51)61(21-22-61)45-13-3-1-4-14-45/h1-8,11-18,27-34,53-54,77-78H,9-10,19-26,35-36H2,(H,71,74,80)(H,72,73,79)/t53-,54-/m1/s1. The Kier molecular flexibility index (Phi) is 14.4. The molecule has 0 spiro atoms. The van der Waals surface area contributed by atoms with Crippen LogP contribution >= 0.6 is 11.8 Å². The lowest BCUT2D eigenvalue weighted by Gasteiger charge is -2.25. The number of H-pyrrole nitrogens is 2. The van der Waals surface area contributed by atoms with Crippen LogP contribution in [-0.4, -0.2) is 70.4 Å². The van der Waals surface area contributed by atoms with Gasteiger partial charge < -0.3 is 30.0 Å². The van der Waals surface area contributed by atoms with E-state index < -0.39 is 57.7 Å². The van der Waals surface area contributed by atoms with Crippen LogP contribution in [0.4, 0.5) is 26.3 Å². The van der Waals surface area contributed by atoms with E-state index in [1.54, 1.807) is 12.1 Å². The minimum Gasteiger partial charge on any atom is -0.378 e. The first-order valence-electron chi connectivity index (χ1n) is 27.4. The number of nitrogens with one attached hydrogen (secondary N) is 2. The Bertz CT molecular complexity index is 3960. The van der Waals surface area contributed by atoms with Crippen molar-refractivity contribution in [2.45, 2.75) is 104 Å². The van der Waals surface area contributed by atoms with Crippen LogP contribution in [0.15, 0.2) is 160 Å². The zero-order valence-electron chi connectivity index (χ0n) is 44.5. The van der Waals surface area contributed by atoms with Gasteiger partial charge in [0, 0.05) is 23.5 Å². The molecule has 4 N–H and O–H groups in total. The molecule has 424 valence electrons. The minimum atomic E-state index is -4.75. The fraction of sp³-hybridized carbons (Fsp3) is 0.281. The number of thioether (sulfide) groups is 1. The highest BCUT2D eigenvalue weighted by molar-refractivity contribution is 8.00. The number of alkyl halides is 6. The number of halogens is 6. The van der Waals surface area contributed by atoms with Crippen molar-refractivity contribution in [1.82, 2.24) is 29.7 Å². The Morgan fingerprint density at radius 3 is 1.52 bits per heavy atom. The van der Waals surface area contributed by atoms with Crippen molar-refractivity contribution in [3.05, 3.63) is 228 Å². The van der Waals surface area contributed by atoms with E-state index in [2.05, 4.69) is 9.97 Å². The maximum absolute atomic E-state index is 14.8. The number of carbonyl (C=O) groups is 2. The Hall–Kier alpha value is -8.13. The Labute approximate surface area is 476 Å². The Morgan fingerprint density at radius 1 is 0.530 bits per heavy atom. The molecule has 0 unspecified atom stereocenters. The lowest BCUT2D eigenvalue weighted by molar-refractivity contribution is -0.141. The highest BCUT2D eigenvalue weighted by atomic mass is 32.2. The van der Waals surface area contributed by atoms with E-state index in [9.17, 15) is 55.7 Å². The Balaban J connectivity index is 0.919. The summed E-state index contributed by atoms with van der Waals surface area (Å²) in [6.07, 6.45) is -4.09. The van der Waals surface area contributed by atoms with Gasteiger partial charge >= 0.3 is 11.7 Å². The largest absolute Gasteiger partial charge is 0.446 e. The molecule has 4 heterocycles. The van der Waals surface area contributed by atoms with Gasteiger partial charge in [0.25, 0.3) is 22.9 Å². The second kappa shape index (κ2) is 21.6. The zero-order valence-corrected chi connectivity index (χ0v) is 45.3. The van der Waals surface area contributed by atoms with Crippen LogP contribution in [0.1, 0.15) is 113 Å². The van der Waals surface area contributed by atoms with Gasteiger partial charge in [-0.25, -0.2) is 9.97 Å². The molecule has 0 radical (unpaired) electrons. The van der Waals surface area contributed by atoms with E-state index in [4.69, 9.17) is 9.97 Å². The fourth-order valence-electron chi connectivity index (χ4n) is 11.8. The molecule has 2 atom stereocenters. The molecule has 2 amide bonds. The van der Waals surface area contributed by atoms with E-state index in [1.807, 2.05) is 60.7 Å². The maximum atomic E-state index is 14.8. The van der Waals surface area contributed by atoms with Gasteiger partial charge in [0.05, 0.1) is 46.4 Å². The average molecular weight is 1150 g/mol. The second-order valence-electron chi connectivity index (χ2n) is 21.9. The number of amides is 2. The molecule has 2 saturated carbocycles. The van der Waals surface area contributed by atoms with Crippen LogP contribution in [0, 0.1) is 0 Å². The third-order valence-electron chi connectivity index (χ3n) is 16.5. The van der Waals surface area contributed by atoms with Crippen LogP contribution in [0.3, 0.4) is 0 Å². The molecule has 19 heteroatoms. The second-order valence-corrected chi connectivity index (χ2v) is 23.1. The molecule has 2 aliphatic heterocycles. The van der Waals surface area contributed by atoms with Crippen LogP contribution in [-0.2, 0) is 52.5 Å². The summed E-state index contributed by atoms with van der Waals surface area (Å²) in [6, 6.07) is 38.3. The molecule has 2 fully saturated rings. The molecular weight excluding hydrogens is 1090 g/mol. The van der Waals surface area contributed by atoms with Crippen molar-refractivity contribution in [2.24, 2.45) is 0 Å². The van der Waals surface area contributed by atoms with Gasteiger partial charge in [-0.3, -0.25) is 19.2 Å². The number of aliphatic hydroxyl groups is 2. The molecule has 83 heavy (non-hydrogen) atoms. The summed E-state index contributed by atoms with van der Waals surface area (Å²) in [7, 11) is 0. The third kappa shape index (κ3) is 11.2. The number of nitrogens with zero attached hydrogens (tertiary/aromatic N) is 4. The molecule has 6 aromatic carbocycles. The van der Waals surface area contributed by atoms with Gasteiger partial charge in [-0.05, 0) is 179 Å². The number of carbonyl (C=O) groups excluding carboxylic acids is 2. The molecule has 4 aliphatic rings. The van der Waals surface area contributed by atoms with Crippen LogP contribution in [0.5, 0.6) is 0 Å². The Morgan fingerprint density at radius 2 is 1.00 bits per heavy atom. The number of aliphatic hydroxyl groups excluding tert-OH is 2. The molecule has 2 aliphatic carbocycles. The zero-order chi connectivity index (χ0) is 58.0. The summed E-state index contributed by atoms with van der Waals surface area (Å²) in [5.74, 6) is -0.541. The van der Waals surface area contributed by atoms with Crippen molar-refractivity contribution in [2.75, 3.05) is 13.1 Å². The van der Waals surface area contributed by atoms with E-state index in [1.165, 1.54) is 70.5 Å². The van der Waals surface area contributed by atoms with Gasteiger partial charge in [0.1, 0.15) is 11.6 Å². The van der Waals surface area contributed by atoms with Crippen molar-refractivity contribution in [3.63, 3.8) is 0 Å². The van der Waals surface area contributed by atoms with E-state index in [0.29, 0.717) is 54.3 Å². The summed E-state index contributed by atoms with van der Waals surface area (Å²) >= 11 is -0.338. The molecule has 12 nitrogen and oxygen atoms in total. The smallest absolute Gasteiger partial charge is 0.378 e. The number of benzene rings is 6. The van der Waals surface area contributed by atoms with Crippen LogP contribution in [0.25, 0.3) is 33.4 Å². The first kappa shape index (κ1) is 55.4. The number of hydrogen-bond acceptors (Lipinski definition) is 9. The number of aromatic amines is 2. The van der Waals surface area contributed by atoms with Gasteiger partial charge in [0.15, 0.2) is 12.2 Å². The summed E-state index contributed by atoms with van der Waals surface area (Å²) < 4.78 is 84.3. The van der Waals surface area contributed by atoms with Gasteiger partial charge in [-0.2, -0.15) is 26.3 Å². The summed E-state index contributed by atoms with van der Waals surface area (Å²) in [4.78, 5) is 75.6. The molecular formula is C64H54F6N6O6S. The summed E-state index contributed by atoms with van der Waals surface area (Å²) in [5.41, 5.74) is -2.63. The number of fused-ring (bicyclic) bond motifs is 2. The number of aryl methyl sites for hydroxylation is 1. The highest BCUT2D eigenvalue weighted by Crippen LogP contribution is 2.53. The van der Waals surface area contributed by atoms with Crippen LogP contribution in [0.2, 0.25) is 0 Å². The first-order valence-corrected chi connectivity index (χ1v) is 28.2. The maximum Gasteiger partial charge on any atom is 0.446 e. The first-order chi connectivity index (χ1) is 39.7. The van der Waals surface area contributed by atoms with E-state index >= 15 is 0 Å². The normalized spacial score (nSPS) is 17.1. The summed E-state index contributed by atoms with van der Waals surface area (Å²) in [6.45, 7) is -0.0566. The molecule has 0 bridgehead atoms. The lowest BCUT2D eigenvalue weighted by atomic mass is 9.90. The quantitative estimate of drug-likeness (QED) is 0.0686. The van der Waals surface area contributed by atoms with Gasteiger partial charge in [-0.15, -0.1) is 0 Å². The fourth-order valence-corrected chi connectivity index (χ4v) is 12.4. The van der Waals surface area contributed by atoms with Gasteiger partial charge in [0.2, 0.25) is 0 Å². The molecule has 12 rings (SSSR count). The van der Waals surface area contributed by atoms with Gasteiger partial charge in [-0.1, -0.05) is 84.9 Å². The van der Waals surface area contributed by atoms with Crippen molar-refractivity contribution in [1.29, 1.82) is 0 Å². The minimum absolute atomic E-state index is 0.0188. The number of rotatable bonds is 12. The predicted octanol–water partition coefficient (Wildman–Crippen LogP) is 11.7. The topological polar surface area (TPSA) is 173 Å². The number of hydrogen-bond donors (Lipinski definition) is 4. The van der Waals surface area contributed by atoms with Crippen molar-refractivity contribution < 1.29 is 46.1 Å². The SMILES string of the molecule is O=C([C@H](O)c1cc(-c2cc(-c3cccc(SC(F)(F)F)c3)cc([C@@H](O)C(=O)N3CCCc4nc(C5(c6ccccc6)CC5)[nH]c(=O)c4C3)c2)cc(-c2cccc(C(F)(F)F)c2)c1)N1CCCc2c(nc(C3(c4ccccc4)CC3)[nH]c2=O)C1. The summed E-state index contributed by atoms with van der Waals surface area (Å²) in [5, 5.41) is 24.5. The third-order valence-corrected chi connectivity index (χ3v) is 17.3. The predicted molar refractivity (Wildman–Crippen MR) is 300 cm³/mol. The molecule has 2 aromatic heterocycles. The average Bonchev–Trinajstić information content (AvgIpc) is 3.59. The van der Waals surface area contributed by atoms with Crippen LogP contribution < -0.4 is 11.1 Å².